The Balaban J connectivity index is 0.000000386. The molecular weight excluding hydrogens is 929 g/mol. The topological polar surface area (TPSA) is 247 Å². The summed E-state index contributed by atoms with van der Waals surface area (Å²) < 4.78 is 31.8. The quantitative estimate of drug-likeness (QED) is 0.0321. The molecule has 8 atom stereocenters. The van der Waals surface area contributed by atoms with E-state index in [1.807, 2.05) is 74.5 Å². The Morgan fingerprint density at radius 2 is 0.764 bits per heavy atom. The molecule has 4 rings (SSSR count). The number of epoxide rings is 2. The first-order valence-electron chi connectivity index (χ1n) is 25.5. The van der Waals surface area contributed by atoms with Crippen molar-refractivity contribution in [2.75, 3.05) is 40.5 Å². The number of Topliss-reactive ketones (excluding diaryl/α,β-unsaturated/α-hetero) is 2. The van der Waals surface area contributed by atoms with Gasteiger partial charge in [0.05, 0.1) is 26.4 Å². The first kappa shape index (κ1) is 60.7. The standard InChI is InChI=1S/C30H38N2O7.C24H42N2O7/c1-21(33)26-27(39-26)28(34)32-25(20-23-15-9-6-10-16-23)30(36)38-18-12-4-3-11-17-37-29(35)24(31-2)19-22-13-7-5-8-14-22;1-15(2)13-18(25-6)23(29)31-11-9-7-8-10-12-32-24(30)19(14-16(3)4)26-22(28)21-20(33-21)17(5)27/h5-10,13-16,24-27,31H,3-4,11-12,17-20H2,1-2H3,(H,32,34);15-16,18-21,25H,7-14H2,1-6H3,(H,26,28)/t24?,25?,26-,27+;18?,19?,20-,21+/m11/s1. The van der Waals surface area contributed by atoms with Crippen LogP contribution < -0.4 is 21.3 Å². The van der Waals surface area contributed by atoms with Crippen LogP contribution in [0.2, 0.25) is 0 Å². The minimum Gasteiger partial charge on any atom is -0.465 e. The van der Waals surface area contributed by atoms with Crippen molar-refractivity contribution in [3.05, 3.63) is 71.8 Å². The Bertz CT molecular complexity index is 2000. The highest BCUT2D eigenvalue weighted by molar-refractivity contribution is 5.97. The van der Waals surface area contributed by atoms with Crippen LogP contribution in [0.5, 0.6) is 0 Å². The van der Waals surface area contributed by atoms with E-state index < -0.39 is 66.3 Å². The van der Waals surface area contributed by atoms with E-state index in [9.17, 15) is 38.4 Å². The van der Waals surface area contributed by atoms with Crippen LogP contribution in [-0.4, -0.2) is 136 Å². The van der Waals surface area contributed by atoms with Crippen molar-refractivity contribution >= 4 is 47.3 Å². The van der Waals surface area contributed by atoms with Gasteiger partial charge in [0.15, 0.2) is 36.0 Å². The highest BCUT2D eigenvalue weighted by atomic mass is 16.6. The molecule has 0 saturated carbocycles. The third-order valence-electron chi connectivity index (χ3n) is 11.8. The smallest absolute Gasteiger partial charge is 0.328 e. The number of esters is 4. The van der Waals surface area contributed by atoms with Gasteiger partial charge in [-0.1, -0.05) is 88.4 Å². The Morgan fingerprint density at radius 1 is 0.444 bits per heavy atom. The first-order valence-corrected chi connectivity index (χ1v) is 25.5. The van der Waals surface area contributed by atoms with E-state index in [1.54, 1.807) is 14.1 Å². The molecule has 2 amide bonds. The number of likely N-dealkylation sites (N-methyl/N-ethyl adjacent to an activating group) is 2. The number of benzene rings is 2. The molecule has 0 aliphatic carbocycles. The Labute approximate surface area is 425 Å². The molecule has 0 aromatic heterocycles. The number of ether oxygens (including phenoxy) is 6. The van der Waals surface area contributed by atoms with Crippen molar-refractivity contribution in [1.82, 2.24) is 21.3 Å². The molecule has 2 saturated heterocycles. The second kappa shape index (κ2) is 33.2. The van der Waals surface area contributed by atoms with Crippen molar-refractivity contribution in [3.8, 4) is 0 Å². The lowest BCUT2D eigenvalue weighted by molar-refractivity contribution is -0.149. The second-order valence-electron chi connectivity index (χ2n) is 19.1. The van der Waals surface area contributed by atoms with E-state index >= 15 is 0 Å². The van der Waals surface area contributed by atoms with Gasteiger partial charge in [-0.05, 0) is 122 Å². The highest BCUT2D eigenvalue weighted by Gasteiger charge is 2.50. The van der Waals surface area contributed by atoms with Crippen molar-refractivity contribution < 1.29 is 66.8 Å². The van der Waals surface area contributed by atoms with E-state index in [1.165, 1.54) is 13.8 Å². The van der Waals surface area contributed by atoms with Gasteiger partial charge in [0, 0.05) is 6.42 Å². The molecule has 18 heteroatoms. The summed E-state index contributed by atoms with van der Waals surface area (Å²) in [5, 5.41) is 11.3. The Hall–Kier alpha value is -5.56. The van der Waals surface area contributed by atoms with Crippen LogP contribution in [0.1, 0.15) is 117 Å². The average Bonchev–Trinajstić information content (AvgIpc) is 4.29. The van der Waals surface area contributed by atoms with Gasteiger partial charge < -0.3 is 49.7 Å². The Kier molecular flexibility index (Phi) is 28.0. The third kappa shape index (κ3) is 23.8. The van der Waals surface area contributed by atoms with E-state index in [0.29, 0.717) is 51.2 Å². The zero-order chi connectivity index (χ0) is 53.0. The molecule has 2 aromatic rings. The zero-order valence-corrected chi connectivity index (χ0v) is 43.6. The predicted molar refractivity (Wildman–Crippen MR) is 268 cm³/mol. The summed E-state index contributed by atoms with van der Waals surface area (Å²) in [7, 11) is 3.50. The Morgan fingerprint density at radius 3 is 1.11 bits per heavy atom. The highest BCUT2D eigenvalue weighted by Crippen LogP contribution is 2.24. The van der Waals surface area contributed by atoms with Gasteiger partial charge in [0.2, 0.25) is 0 Å². The summed E-state index contributed by atoms with van der Waals surface area (Å²) in [5.74, 6) is -2.29. The van der Waals surface area contributed by atoms with E-state index in [0.717, 1.165) is 49.7 Å². The van der Waals surface area contributed by atoms with Gasteiger partial charge in [-0.15, -0.1) is 0 Å². The number of rotatable bonds is 34. The molecular formula is C54H80N4O14. The van der Waals surface area contributed by atoms with Crippen molar-refractivity contribution in [2.24, 2.45) is 11.8 Å². The van der Waals surface area contributed by atoms with Crippen LogP contribution in [-0.2, 0) is 79.6 Å². The maximum Gasteiger partial charge on any atom is 0.328 e. The molecule has 2 aromatic carbocycles. The van der Waals surface area contributed by atoms with Crippen LogP contribution in [0.15, 0.2) is 60.7 Å². The van der Waals surface area contributed by atoms with Crippen LogP contribution >= 0.6 is 0 Å². The van der Waals surface area contributed by atoms with Gasteiger partial charge in [-0.25, -0.2) is 9.59 Å². The minimum absolute atomic E-state index is 0.178. The monoisotopic (exact) mass is 1010 g/mol. The first-order chi connectivity index (χ1) is 34.4. The summed E-state index contributed by atoms with van der Waals surface area (Å²) in [6, 6.07) is 16.8. The fourth-order valence-electron chi connectivity index (χ4n) is 7.64. The maximum atomic E-state index is 12.8. The zero-order valence-electron chi connectivity index (χ0n) is 43.6. The molecule has 4 N–H and O–H groups in total. The van der Waals surface area contributed by atoms with Crippen molar-refractivity contribution in [2.45, 2.75) is 167 Å². The molecule has 400 valence electrons. The number of ketones is 2. The maximum absolute atomic E-state index is 12.8. The lowest BCUT2D eigenvalue weighted by Gasteiger charge is -2.19. The number of carbonyl (C=O) groups excluding carboxylic acids is 8. The number of nitrogens with one attached hydrogen (secondary N) is 4. The molecule has 0 bridgehead atoms. The van der Waals surface area contributed by atoms with E-state index in [4.69, 9.17) is 28.4 Å². The van der Waals surface area contributed by atoms with Crippen LogP contribution in [0.3, 0.4) is 0 Å². The molecule has 2 fully saturated rings. The summed E-state index contributed by atoms with van der Waals surface area (Å²) in [6.07, 6.45) is 5.02. The molecule has 18 nitrogen and oxygen atoms in total. The summed E-state index contributed by atoms with van der Waals surface area (Å²) in [4.78, 5) is 97.0. The lowest BCUT2D eigenvalue weighted by atomic mass is 10.0. The van der Waals surface area contributed by atoms with Gasteiger partial charge >= 0.3 is 23.9 Å². The number of amides is 2. The van der Waals surface area contributed by atoms with Crippen molar-refractivity contribution in [1.29, 1.82) is 0 Å². The summed E-state index contributed by atoms with van der Waals surface area (Å²) in [6.45, 7) is 12.0. The van der Waals surface area contributed by atoms with E-state index in [2.05, 4.69) is 35.1 Å². The van der Waals surface area contributed by atoms with Gasteiger partial charge in [0.25, 0.3) is 11.8 Å². The largest absolute Gasteiger partial charge is 0.465 e. The average molecular weight is 1010 g/mol. The number of unbranched alkanes of at least 4 members (excludes halogenated alkanes) is 6. The summed E-state index contributed by atoms with van der Waals surface area (Å²) in [5.41, 5.74) is 1.94. The minimum atomic E-state index is -0.882. The normalized spacial score (nSPS) is 18.2. The molecule has 4 unspecified atom stereocenters. The fourth-order valence-corrected chi connectivity index (χ4v) is 7.64. The van der Waals surface area contributed by atoms with Crippen LogP contribution in [0.25, 0.3) is 0 Å². The van der Waals surface area contributed by atoms with Crippen molar-refractivity contribution in [3.63, 3.8) is 0 Å². The molecule has 2 aliphatic rings. The van der Waals surface area contributed by atoms with Crippen LogP contribution in [0, 0.1) is 11.8 Å². The molecule has 2 heterocycles. The van der Waals surface area contributed by atoms with Gasteiger partial charge in [-0.3, -0.25) is 28.8 Å². The predicted octanol–water partition coefficient (Wildman–Crippen LogP) is 4.70. The van der Waals surface area contributed by atoms with Gasteiger partial charge in [0.1, 0.15) is 24.2 Å². The molecule has 72 heavy (non-hydrogen) atoms. The number of carbonyl (C=O) groups is 8. The second-order valence-corrected chi connectivity index (χ2v) is 19.1. The van der Waals surface area contributed by atoms with E-state index in [-0.39, 0.29) is 55.1 Å². The summed E-state index contributed by atoms with van der Waals surface area (Å²) >= 11 is 0. The molecule has 0 spiro atoms. The number of hydrogen-bond acceptors (Lipinski definition) is 16. The number of hydrogen-bond donors (Lipinski definition) is 4. The molecule has 2 aliphatic heterocycles. The van der Waals surface area contributed by atoms with Gasteiger partial charge in [-0.2, -0.15) is 0 Å². The molecule has 0 radical (unpaired) electrons. The fraction of sp³-hybridized carbons (Fsp3) is 0.630. The lowest BCUT2D eigenvalue weighted by Crippen LogP contribution is -2.45. The SMILES string of the molecule is CNC(CC(C)C)C(=O)OCCCCCCOC(=O)C(CC(C)C)NC(=O)[C@H]1O[C@@H]1C(C)=O.CNC(Cc1ccccc1)C(=O)OCCCCCCOC(=O)C(Cc1ccccc1)NC(=O)[C@H]1O[C@@H]1C(C)=O. The third-order valence-corrected chi connectivity index (χ3v) is 11.8. The van der Waals surface area contributed by atoms with Crippen LogP contribution in [0.4, 0.5) is 0 Å².